The fraction of sp³-hybridized carbons (Fsp3) is 0.500. The average molecular weight is 499 g/mol. The predicted molar refractivity (Wildman–Crippen MR) is 145 cm³/mol. The van der Waals surface area contributed by atoms with Crippen molar-refractivity contribution in [2.75, 3.05) is 19.6 Å². The van der Waals surface area contributed by atoms with Gasteiger partial charge in [-0.1, -0.05) is 56.3 Å². The van der Waals surface area contributed by atoms with Crippen molar-refractivity contribution < 1.29 is 14.3 Å². The predicted octanol–water partition coefficient (Wildman–Crippen LogP) is 4.88. The maximum Gasteiger partial charge on any atom is 0.246 e. The van der Waals surface area contributed by atoms with Crippen LogP contribution in [0.5, 0.6) is 5.75 Å². The molecule has 2 aromatic carbocycles. The summed E-state index contributed by atoms with van der Waals surface area (Å²) in [5.41, 5.74) is 3.74. The van der Waals surface area contributed by atoms with Gasteiger partial charge in [-0.15, -0.1) is 0 Å². The van der Waals surface area contributed by atoms with Crippen LogP contribution in [-0.2, 0) is 21.4 Å². The zero-order valence-corrected chi connectivity index (χ0v) is 22.2. The summed E-state index contributed by atoms with van der Waals surface area (Å²) in [6.45, 7) is 8.23. The highest BCUT2D eigenvalue weighted by atomic mass is 16.5. The van der Waals surface area contributed by atoms with Crippen molar-refractivity contribution in [3.8, 4) is 5.75 Å². The number of Topliss-reactive ketones (excluding diaryl/α,β-unsaturated/α-hetero) is 1. The van der Waals surface area contributed by atoms with E-state index in [0.29, 0.717) is 31.0 Å². The fourth-order valence-electron chi connectivity index (χ4n) is 7.98. The lowest BCUT2D eigenvalue weighted by Gasteiger charge is -2.60. The molecule has 2 fully saturated rings. The molecule has 2 aliphatic heterocycles. The maximum atomic E-state index is 13.8. The minimum Gasteiger partial charge on any atom is -0.487 e. The normalized spacial score (nSPS) is 29.7. The summed E-state index contributed by atoms with van der Waals surface area (Å²) >= 11 is 0. The molecule has 2 bridgehead atoms. The van der Waals surface area contributed by atoms with E-state index in [0.717, 1.165) is 43.5 Å². The highest BCUT2D eigenvalue weighted by molar-refractivity contribution is 5.92. The van der Waals surface area contributed by atoms with Crippen LogP contribution in [0, 0.1) is 11.8 Å². The van der Waals surface area contributed by atoms with Crippen molar-refractivity contribution in [2.24, 2.45) is 11.8 Å². The average Bonchev–Trinajstić information content (AvgIpc) is 3.22. The topological polar surface area (TPSA) is 49.9 Å². The molecular weight excluding hydrogens is 460 g/mol. The molecule has 1 amide bonds. The van der Waals surface area contributed by atoms with Gasteiger partial charge in [-0.25, -0.2) is 0 Å². The molecule has 6 rings (SSSR count). The third-order valence-electron chi connectivity index (χ3n) is 9.19. The lowest BCUT2D eigenvalue weighted by molar-refractivity contribution is -0.139. The fourth-order valence-corrected chi connectivity index (χ4v) is 7.98. The van der Waals surface area contributed by atoms with E-state index in [1.807, 2.05) is 36.4 Å². The first-order valence-corrected chi connectivity index (χ1v) is 13.9. The number of carbonyl (C=O) groups is 2. The highest BCUT2D eigenvalue weighted by Crippen LogP contribution is 2.62. The van der Waals surface area contributed by atoms with Gasteiger partial charge in [0, 0.05) is 29.6 Å². The minimum absolute atomic E-state index is 0.0323. The highest BCUT2D eigenvalue weighted by Gasteiger charge is 2.66. The lowest BCUT2D eigenvalue weighted by Crippen LogP contribution is -2.69. The molecule has 4 aliphatic rings. The van der Waals surface area contributed by atoms with Crippen molar-refractivity contribution in [1.82, 2.24) is 9.80 Å². The van der Waals surface area contributed by atoms with Gasteiger partial charge < -0.3 is 9.64 Å². The minimum atomic E-state index is -0.0797. The molecule has 5 nitrogen and oxygen atoms in total. The molecular formula is C32H38N2O3. The van der Waals surface area contributed by atoms with Crippen LogP contribution in [0.4, 0.5) is 0 Å². The summed E-state index contributed by atoms with van der Waals surface area (Å²) in [6, 6.07) is 16.9. The summed E-state index contributed by atoms with van der Waals surface area (Å²) in [7, 11) is 0. The van der Waals surface area contributed by atoms with E-state index in [1.54, 1.807) is 13.0 Å². The third kappa shape index (κ3) is 4.03. The Morgan fingerprint density at radius 3 is 2.70 bits per heavy atom. The number of ether oxygens (including phenoxy) is 1. The second kappa shape index (κ2) is 9.43. The van der Waals surface area contributed by atoms with Crippen LogP contribution >= 0.6 is 0 Å². The lowest BCUT2D eigenvalue weighted by atomic mass is 9.51. The first-order valence-electron chi connectivity index (χ1n) is 13.9. The number of nitrogens with zero attached hydrogens (tertiary/aromatic N) is 2. The number of hydrogen-bond acceptors (Lipinski definition) is 4. The van der Waals surface area contributed by atoms with Gasteiger partial charge in [0.2, 0.25) is 5.91 Å². The summed E-state index contributed by atoms with van der Waals surface area (Å²) in [5, 5.41) is 0. The Bertz CT molecular complexity index is 1220. The van der Waals surface area contributed by atoms with E-state index in [-0.39, 0.29) is 29.3 Å². The smallest absolute Gasteiger partial charge is 0.246 e. The molecule has 5 heteroatoms. The molecule has 2 heterocycles. The van der Waals surface area contributed by atoms with E-state index in [9.17, 15) is 9.59 Å². The van der Waals surface area contributed by atoms with Crippen LogP contribution in [0.2, 0.25) is 0 Å². The molecule has 2 aromatic rings. The van der Waals surface area contributed by atoms with E-state index in [1.165, 1.54) is 11.1 Å². The Kier molecular flexibility index (Phi) is 6.22. The molecule has 2 aliphatic carbocycles. The molecule has 0 N–H and O–H groups in total. The number of benzene rings is 2. The Morgan fingerprint density at radius 1 is 1.14 bits per heavy atom. The van der Waals surface area contributed by atoms with E-state index >= 15 is 0 Å². The zero-order valence-electron chi connectivity index (χ0n) is 22.2. The van der Waals surface area contributed by atoms with Crippen molar-refractivity contribution in [2.45, 2.75) is 70.1 Å². The van der Waals surface area contributed by atoms with Gasteiger partial charge in [0.05, 0.1) is 12.6 Å². The van der Waals surface area contributed by atoms with Crippen LogP contribution in [0.3, 0.4) is 0 Å². The molecule has 1 spiro atoms. The molecule has 1 saturated carbocycles. The second-order valence-electron chi connectivity index (χ2n) is 11.9. The number of ketones is 1. The maximum absolute atomic E-state index is 13.8. The molecule has 194 valence electrons. The van der Waals surface area contributed by atoms with Gasteiger partial charge in [-0.05, 0) is 74.3 Å². The van der Waals surface area contributed by atoms with Gasteiger partial charge >= 0.3 is 0 Å². The van der Waals surface area contributed by atoms with Crippen molar-refractivity contribution in [3.05, 3.63) is 71.3 Å². The summed E-state index contributed by atoms with van der Waals surface area (Å²) < 4.78 is 6.88. The van der Waals surface area contributed by atoms with Crippen LogP contribution in [-0.4, -0.2) is 59.3 Å². The number of carbonyl (C=O) groups excluding carboxylic acids is 2. The standard InChI is InChI=1S/C32H38N2O3/c1-21(2)19-34(29(36)15-12-23-8-5-4-6-9-23)26-14-13-25-27-18-24-10-7-11-28-30(24)32(25,31(26)37-28)16-17-33(27)20-22(3)35/h4-12,15,21,25-27,31H,13-14,16-20H2,1-3H3/t25-,26-,27+,31-,32-/m0/s1. The number of piperidine rings is 1. The SMILES string of the molecule is CC(=O)CN1CC[C@]23c4c5cccc4O[C@H]2[C@@H](N(CC(C)C)C(=O)C=Cc2ccccc2)CC[C@H]3[C@H]1C5. The van der Waals surface area contributed by atoms with E-state index in [2.05, 4.69) is 41.8 Å². The first-order chi connectivity index (χ1) is 17.9. The zero-order chi connectivity index (χ0) is 25.7. The monoisotopic (exact) mass is 498 g/mol. The van der Waals surface area contributed by atoms with Crippen molar-refractivity contribution in [3.63, 3.8) is 0 Å². The first kappa shape index (κ1) is 24.4. The third-order valence-corrected chi connectivity index (χ3v) is 9.19. The Labute approximate surface area is 220 Å². The van der Waals surface area contributed by atoms with Crippen molar-refractivity contribution in [1.29, 1.82) is 0 Å². The number of likely N-dealkylation sites (tertiary alicyclic amines) is 1. The van der Waals surface area contributed by atoms with Crippen molar-refractivity contribution >= 4 is 17.8 Å². The van der Waals surface area contributed by atoms with Gasteiger partial charge in [-0.3, -0.25) is 14.5 Å². The summed E-state index contributed by atoms with van der Waals surface area (Å²) in [4.78, 5) is 30.4. The van der Waals surface area contributed by atoms with Crippen LogP contribution in [0.25, 0.3) is 6.08 Å². The van der Waals surface area contributed by atoms with E-state index < -0.39 is 0 Å². The Balaban J connectivity index is 1.37. The van der Waals surface area contributed by atoms with Crippen LogP contribution < -0.4 is 4.74 Å². The molecule has 37 heavy (non-hydrogen) atoms. The molecule has 0 unspecified atom stereocenters. The molecule has 5 atom stereocenters. The van der Waals surface area contributed by atoms with Crippen LogP contribution in [0.15, 0.2) is 54.6 Å². The van der Waals surface area contributed by atoms with Gasteiger partial charge in [0.25, 0.3) is 0 Å². The number of amides is 1. The molecule has 0 radical (unpaired) electrons. The van der Waals surface area contributed by atoms with Gasteiger partial charge in [-0.2, -0.15) is 0 Å². The molecule has 0 aromatic heterocycles. The summed E-state index contributed by atoms with van der Waals surface area (Å²) in [6.07, 6.45) is 7.59. The number of rotatable bonds is 7. The van der Waals surface area contributed by atoms with Crippen LogP contribution in [0.1, 0.15) is 56.7 Å². The quantitative estimate of drug-likeness (QED) is 0.511. The largest absolute Gasteiger partial charge is 0.487 e. The Morgan fingerprint density at radius 2 is 1.95 bits per heavy atom. The Hall–Kier alpha value is -2.92. The van der Waals surface area contributed by atoms with Gasteiger partial charge in [0.1, 0.15) is 17.6 Å². The summed E-state index contributed by atoms with van der Waals surface area (Å²) in [5.74, 6) is 2.14. The number of hydrogen-bond donors (Lipinski definition) is 0. The second-order valence-corrected chi connectivity index (χ2v) is 11.9. The van der Waals surface area contributed by atoms with E-state index in [4.69, 9.17) is 4.74 Å². The molecule has 1 saturated heterocycles. The van der Waals surface area contributed by atoms with Gasteiger partial charge in [0.15, 0.2) is 0 Å².